The zero-order valence-corrected chi connectivity index (χ0v) is 14.7. The molecule has 0 spiro atoms. The van der Waals surface area contributed by atoms with E-state index in [1.807, 2.05) is 54.6 Å². The van der Waals surface area contributed by atoms with E-state index >= 15 is 0 Å². The van der Waals surface area contributed by atoms with Crippen LogP contribution >= 0.6 is 11.8 Å². The second kappa shape index (κ2) is 7.29. The molecule has 1 aliphatic rings. The van der Waals surface area contributed by atoms with Crippen LogP contribution in [0.4, 0.5) is 5.69 Å². The van der Waals surface area contributed by atoms with Crippen molar-refractivity contribution in [2.75, 3.05) is 11.1 Å². The Morgan fingerprint density at radius 2 is 2.00 bits per heavy atom. The molecule has 1 saturated heterocycles. The molecule has 1 unspecified atom stereocenters. The van der Waals surface area contributed by atoms with Gasteiger partial charge in [-0.2, -0.15) is 0 Å². The van der Waals surface area contributed by atoms with Crippen LogP contribution in [-0.4, -0.2) is 28.8 Å². The van der Waals surface area contributed by atoms with Crippen LogP contribution in [0.25, 0.3) is 0 Å². The molecule has 5 nitrogen and oxygen atoms in total. The monoisotopic (exact) mass is 356 g/mol. The highest BCUT2D eigenvalue weighted by atomic mass is 32.2. The zero-order valence-electron chi connectivity index (χ0n) is 13.9. The van der Waals surface area contributed by atoms with Crippen LogP contribution in [0.5, 0.6) is 0 Å². The van der Waals surface area contributed by atoms with Gasteiger partial charge in [0.15, 0.2) is 0 Å². The molecular formula is C19H20N2O3S. The van der Waals surface area contributed by atoms with E-state index in [0.717, 1.165) is 11.1 Å². The maximum absolute atomic E-state index is 11.5. The van der Waals surface area contributed by atoms with Crippen LogP contribution in [0.15, 0.2) is 54.6 Å². The summed E-state index contributed by atoms with van der Waals surface area (Å²) in [5.74, 6) is -0.489. The van der Waals surface area contributed by atoms with Gasteiger partial charge in [-0.3, -0.25) is 14.9 Å². The van der Waals surface area contributed by atoms with Gasteiger partial charge >= 0.3 is 5.97 Å². The molecule has 0 aliphatic carbocycles. The SMILES string of the molecule is CC(=O)Nc1cccc(C2(Cc3ccccc3)N[C@H](C(=O)O)CS2)c1. The second-order valence-corrected chi connectivity index (χ2v) is 7.42. The summed E-state index contributed by atoms with van der Waals surface area (Å²) in [6.07, 6.45) is 0.659. The van der Waals surface area contributed by atoms with Gasteiger partial charge in [0.25, 0.3) is 0 Å². The lowest BCUT2D eigenvalue weighted by atomic mass is 9.97. The molecule has 3 rings (SSSR count). The molecule has 1 aliphatic heterocycles. The van der Waals surface area contributed by atoms with Gasteiger partial charge in [-0.05, 0) is 23.3 Å². The fourth-order valence-electron chi connectivity index (χ4n) is 3.03. The van der Waals surface area contributed by atoms with E-state index in [9.17, 15) is 14.7 Å². The number of carboxylic acid groups (broad SMARTS) is 1. The normalized spacial score (nSPS) is 22.5. The summed E-state index contributed by atoms with van der Waals surface area (Å²) in [7, 11) is 0. The third-order valence-electron chi connectivity index (χ3n) is 4.15. The zero-order chi connectivity index (χ0) is 17.9. The lowest BCUT2D eigenvalue weighted by Crippen LogP contribution is -2.44. The minimum atomic E-state index is -0.847. The van der Waals surface area contributed by atoms with E-state index in [4.69, 9.17) is 0 Å². The van der Waals surface area contributed by atoms with E-state index in [2.05, 4.69) is 10.6 Å². The number of anilines is 1. The molecule has 2 aromatic rings. The van der Waals surface area contributed by atoms with Crippen molar-refractivity contribution < 1.29 is 14.7 Å². The largest absolute Gasteiger partial charge is 0.480 e. The Hall–Kier alpha value is -2.31. The van der Waals surface area contributed by atoms with Gasteiger partial charge in [0.05, 0.1) is 4.87 Å². The average Bonchev–Trinajstić information content (AvgIpc) is 3.01. The lowest BCUT2D eigenvalue weighted by Gasteiger charge is -2.30. The van der Waals surface area contributed by atoms with E-state index in [-0.39, 0.29) is 5.91 Å². The predicted octanol–water partition coefficient (Wildman–Crippen LogP) is 2.83. The number of hydrogen-bond donors (Lipinski definition) is 3. The Morgan fingerprint density at radius 1 is 1.24 bits per heavy atom. The van der Waals surface area contributed by atoms with Gasteiger partial charge in [-0.15, -0.1) is 11.8 Å². The summed E-state index contributed by atoms with van der Waals surface area (Å²) in [6.45, 7) is 1.47. The number of nitrogens with one attached hydrogen (secondary N) is 2. The lowest BCUT2D eigenvalue weighted by molar-refractivity contribution is -0.138. The first-order chi connectivity index (χ1) is 12.0. The van der Waals surface area contributed by atoms with Gasteiger partial charge in [0, 0.05) is 24.8 Å². The molecule has 2 aromatic carbocycles. The summed E-state index contributed by atoms with van der Waals surface area (Å²) in [5, 5.41) is 15.5. The summed E-state index contributed by atoms with van der Waals surface area (Å²) in [4.78, 5) is 22.3. The van der Waals surface area contributed by atoms with Crippen LogP contribution in [0.1, 0.15) is 18.1 Å². The van der Waals surface area contributed by atoms with Gasteiger partial charge in [0.1, 0.15) is 6.04 Å². The number of carbonyl (C=O) groups is 2. The molecule has 130 valence electrons. The molecule has 25 heavy (non-hydrogen) atoms. The van der Waals surface area contributed by atoms with Crippen molar-refractivity contribution in [1.82, 2.24) is 5.32 Å². The van der Waals surface area contributed by atoms with E-state index in [1.54, 1.807) is 11.8 Å². The van der Waals surface area contributed by atoms with E-state index < -0.39 is 16.9 Å². The molecule has 6 heteroatoms. The van der Waals surface area contributed by atoms with Crippen molar-refractivity contribution in [3.05, 3.63) is 65.7 Å². The number of rotatable bonds is 5. The second-order valence-electron chi connectivity index (χ2n) is 6.10. The number of benzene rings is 2. The Labute approximate surface area is 150 Å². The first-order valence-electron chi connectivity index (χ1n) is 8.05. The van der Waals surface area contributed by atoms with Crippen LogP contribution in [0.2, 0.25) is 0 Å². The molecule has 1 amide bonds. The van der Waals surface area contributed by atoms with Crippen molar-refractivity contribution in [2.24, 2.45) is 0 Å². The summed E-state index contributed by atoms with van der Waals surface area (Å²) < 4.78 is 0. The molecule has 0 radical (unpaired) electrons. The fourth-order valence-corrected chi connectivity index (χ4v) is 4.49. The van der Waals surface area contributed by atoms with Crippen LogP contribution in [-0.2, 0) is 20.9 Å². The smallest absolute Gasteiger partial charge is 0.321 e. The number of aliphatic carboxylic acids is 1. The van der Waals surface area contributed by atoms with Crippen molar-refractivity contribution in [2.45, 2.75) is 24.3 Å². The maximum atomic E-state index is 11.5. The van der Waals surface area contributed by atoms with Gasteiger partial charge < -0.3 is 10.4 Å². The Balaban J connectivity index is 1.97. The van der Waals surface area contributed by atoms with Gasteiger partial charge in [-0.25, -0.2) is 0 Å². The van der Waals surface area contributed by atoms with E-state index in [0.29, 0.717) is 17.9 Å². The summed E-state index contributed by atoms with van der Waals surface area (Å²) in [5.41, 5.74) is 2.79. The van der Waals surface area contributed by atoms with Gasteiger partial charge in [-0.1, -0.05) is 42.5 Å². The number of hydrogen-bond acceptors (Lipinski definition) is 4. The topological polar surface area (TPSA) is 78.4 Å². The number of carboxylic acids is 1. The standard InChI is InChI=1S/C19H20N2O3S/c1-13(22)20-16-9-5-8-15(10-16)19(11-14-6-3-2-4-7-14)21-17(12-25-19)18(23)24/h2-10,17,21H,11-12H2,1H3,(H,20,22)(H,23,24)/t17-,19?/m0/s1. The first-order valence-corrected chi connectivity index (χ1v) is 9.04. The predicted molar refractivity (Wildman–Crippen MR) is 99.6 cm³/mol. The summed E-state index contributed by atoms with van der Waals surface area (Å²) in [6, 6.07) is 17.0. The first kappa shape index (κ1) is 17.5. The Bertz CT molecular complexity index is 781. The summed E-state index contributed by atoms with van der Waals surface area (Å²) >= 11 is 1.60. The molecule has 3 N–H and O–H groups in total. The molecule has 0 saturated carbocycles. The molecule has 1 heterocycles. The van der Waals surface area contributed by atoms with Crippen molar-refractivity contribution in [3.8, 4) is 0 Å². The molecule has 0 bridgehead atoms. The van der Waals surface area contributed by atoms with Crippen LogP contribution in [0, 0.1) is 0 Å². The molecule has 2 atom stereocenters. The quantitative estimate of drug-likeness (QED) is 0.768. The van der Waals surface area contributed by atoms with Crippen molar-refractivity contribution in [3.63, 3.8) is 0 Å². The van der Waals surface area contributed by atoms with Gasteiger partial charge in [0.2, 0.25) is 5.91 Å². The third kappa shape index (κ3) is 4.03. The van der Waals surface area contributed by atoms with Crippen LogP contribution < -0.4 is 10.6 Å². The number of amides is 1. The number of carbonyl (C=O) groups excluding carboxylic acids is 1. The minimum absolute atomic E-state index is 0.135. The fraction of sp³-hybridized carbons (Fsp3) is 0.263. The number of thioether (sulfide) groups is 1. The minimum Gasteiger partial charge on any atom is -0.480 e. The maximum Gasteiger partial charge on any atom is 0.321 e. The average molecular weight is 356 g/mol. The third-order valence-corrected chi connectivity index (χ3v) is 5.64. The van der Waals surface area contributed by atoms with E-state index in [1.165, 1.54) is 6.92 Å². The molecule has 1 fully saturated rings. The van der Waals surface area contributed by atoms with Crippen molar-refractivity contribution in [1.29, 1.82) is 0 Å². The Kier molecular flexibility index (Phi) is 5.11. The molecular weight excluding hydrogens is 336 g/mol. The van der Waals surface area contributed by atoms with Crippen molar-refractivity contribution >= 4 is 29.3 Å². The van der Waals surface area contributed by atoms with Crippen LogP contribution in [0.3, 0.4) is 0 Å². The Morgan fingerprint density at radius 3 is 2.64 bits per heavy atom. The highest BCUT2D eigenvalue weighted by Crippen LogP contribution is 2.43. The highest BCUT2D eigenvalue weighted by molar-refractivity contribution is 8.00. The highest BCUT2D eigenvalue weighted by Gasteiger charge is 2.43. The molecule has 0 aromatic heterocycles.